The molecule has 3 heterocycles. The van der Waals surface area contributed by atoms with E-state index in [1.54, 1.807) is 42.2 Å². The number of imide groups is 1. The fourth-order valence-corrected chi connectivity index (χ4v) is 3.81. The quantitative estimate of drug-likeness (QED) is 0.746. The number of nitrogens with zero attached hydrogens (tertiary/aromatic N) is 3. The second-order valence-electron chi connectivity index (χ2n) is 7.51. The fraction of sp³-hybridized carbons (Fsp3) is 0.381. The molecule has 1 aromatic carbocycles. The fourth-order valence-electron chi connectivity index (χ4n) is 3.81. The van der Waals surface area contributed by atoms with Gasteiger partial charge in [-0.1, -0.05) is 17.3 Å². The molecule has 4 amide bonds. The van der Waals surface area contributed by atoms with Crippen molar-refractivity contribution in [3.05, 3.63) is 52.9 Å². The molecule has 0 atom stereocenters. The maximum atomic E-state index is 12.6. The largest absolute Gasteiger partial charge is 0.361 e. The van der Waals surface area contributed by atoms with Gasteiger partial charge in [-0.05, 0) is 31.9 Å². The van der Waals surface area contributed by atoms with E-state index in [0.717, 1.165) is 4.90 Å². The molecule has 2 aromatic rings. The first-order valence-corrected chi connectivity index (χ1v) is 9.91. The van der Waals surface area contributed by atoms with Crippen molar-refractivity contribution in [2.75, 3.05) is 19.6 Å². The van der Waals surface area contributed by atoms with Gasteiger partial charge in [0, 0.05) is 38.2 Å². The zero-order chi connectivity index (χ0) is 21.3. The van der Waals surface area contributed by atoms with Gasteiger partial charge in [0.25, 0.3) is 17.7 Å². The lowest BCUT2D eigenvalue weighted by atomic mass is 10.0. The van der Waals surface area contributed by atoms with E-state index in [-0.39, 0.29) is 48.3 Å². The predicted molar refractivity (Wildman–Crippen MR) is 105 cm³/mol. The van der Waals surface area contributed by atoms with Crippen molar-refractivity contribution in [1.82, 2.24) is 20.3 Å². The van der Waals surface area contributed by atoms with Gasteiger partial charge in [0.1, 0.15) is 5.76 Å². The highest BCUT2D eigenvalue weighted by molar-refractivity contribution is 6.21. The molecule has 9 nitrogen and oxygen atoms in total. The summed E-state index contributed by atoms with van der Waals surface area (Å²) in [6.07, 6.45) is 1.34. The summed E-state index contributed by atoms with van der Waals surface area (Å²) >= 11 is 0. The predicted octanol–water partition coefficient (Wildman–Crippen LogP) is 1.39. The number of piperidine rings is 1. The van der Waals surface area contributed by atoms with Crippen LogP contribution < -0.4 is 5.32 Å². The van der Waals surface area contributed by atoms with E-state index in [4.69, 9.17) is 4.52 Å². The van der Waals surface area contributed by atoms with E-state index >= 15 is 0 Å². The lowest BCUT2D eigenvalue weighted by Gasteiger charge is -2.32. The summed E-state index contributed by atoms with van der Waals surface area (Å²) in [6, 6.07) is 8.20. The first-order valence-electron chi connectivity index (χ1n) is 9.91. The van der Waals surface area contributed by atoms with Gasteiger partial charge in [-0.15, -0.1) is 0 Å². The molecule has 0 unspecified atom stereocenters. The van der Waals surface area contributed by atoms with E-state index < -0.39 is 0 Å². The van der Waals surface area contributed by atoms with Crippen LogP contribution >= 0.6 is 0 Å². The smallest absolute Gasteiger partial charge is 0.273 e. The normalized spacial score (nSPS) is 16.7. The minimum atomic E-state index is -0.354. The highest BCUT2D eigenvalue weighted by Gasteiger charge is 2.35. The zero-order valence-electron chi connectivity index (χ0n) is 16.6. The molecule has 1 saturated heterocycles. The lowest BCUT2D eigenvalue weighted by molar-refractivity contribution is -0.132. The molecule has 0 aliphatic carbocycles. The number of fused-ring (bicyclic) bond motifs is 1. The van der Waals surface area contributed by atoms with Gasteiger partial charge in [0.05, 0.1) is 11.1 Å². The van der Waals surface area contributed by atoms with Crippen molar-refractivity contribution in [2.24, 2.45) is 0 Å². The maximum Gasteiger partial charge on any atom is 0.273 e. The Morgan fingerprint density at radius 1 is 1.13 bits per heavy atom. The van der Waals surface area contributed by atoms with Gasteiger partial charge in [0.15, 0.2) is 5.69 Å². The summed E-state index contributed by atoms with van der Waals surface area (Å²) in [5, 5.41) is 6.61. The third-order valence-electron chi connectivity index (χ3n) is 5.47. The van der Waals surface area contributed by atoms with Crippen LogP contribution in [0.15, 0.2) is 34.9 Å². The third-order valence-corrected chi connectivity index (χ3v) is 5.47. The topological polar surface area (TPSA) is 113 Å². The Morgan fingerprint density at radius 3 is 2.33 bits per heavy atom. The molecule has 156 valence electrons. The van der Waals surface area contributed by atoms with Crippen LogP contribution in [-0.2, 0) is 4.79 Å². The second kappa shape index (κ2) is 8.10. The number of nitrogens with one attached hydrogen (secondary N) is 1. The number of amides is 4. The van der Waals surface area contributed by atoms with Gasteiger partial charge in [-0.3, -0.25) is 24.1 Å². The van der Waals surface area contributed by atoms with Crippen molar-refractivity contribution in [1.29, 1.82) is 0 Å². The molecule has 2 aliphatic rings. The number of hydrogen-bond donors (Lipinski definition) is 1. The van der Waals surface area contributed by atoms with Crippen LogP contribution in [0.2, 0.25) is 0 Å². The van der Waals surface area contributed by atoms with Gasteiger partial charge < -0.3 is 14.7 Å². The van der Waals surface area contributed by atoms with Gasteiger partial charge in [-0.2, -0.15) is 0 Å². The van der Waals surface area contributed by atoms with Crippen LogP contribution in [-0.4, -0.2) is 64.3 Å². The Labute approximate surface area is 173 Å². The summed E-state index contributed by atoms with van der Waals surface area (Å²) in [7, 11) is 0. The average molecular weight is 410 g/mol. The monoisotopic (exact) mass is 410 g/mol. The molecule has 0 radical (unpaired) electrons. The molecule has 0 spiro atoms. The van der Waals surface area contributed by atoms with E-state index in [2.05, 4.69) is 10.5 Å². The zero-order valence-corrected chi connectivity index (χ0v) is 16.6. The Morgan fingerprint density at radius 2 is 1.77 bits per heavy atom. The first kappa shape index (κ1) is 19.8. The molecule has 4 rings (SSSR count). The van der Waals surface area contributed by atoms with E-state index in [1.807, 2.05) is 0 Å². The Hall–Kier alpha value is -3.49. The summed E-state index contributed by atoms with van der Waals surface area (Å²) in [4.78, 5) is 52.3. The third kappa shape index (κ3) is 3.83. The summed E-state index contributed by atoms with van der Waals surface area (Å²) in [5.41, 5.74) is 1.01. The highest BCUT2D eigenvalue weighted by atomic mass is 16.5. The van der Waals surface area contributed by atoms with E-state index in [1.165, 1.54) is 0 Å². The summed E-state index contributed by atoms with van der Waals surface area (Å²) in [6.45, 7) is 2.79. The Balaban J connectivity index is 1.25. The first-order chi connectivity index (χ1) is 14.4. The number of aryl methyl sites for hydroxylation is 1. The molecular weight excluding hydrogens is 388 g/mol. The lowest BCUT2D eigenvalue weighted by Crippen LogP contribution is -2.47. The van der Waals surface area contributed by atoms with Crippen LogP contribution in [0.1, 0.15) is 56.2 Å². The molecule has 1 aromatic heterocycles. The SMILES string of the molecule is Cc1cc(C(=O)NC2CCN(C(=O)CCN3C(=O)c4ccccc4C3=O)CC2)no1. The minimum Gasteiger partial charge on any atom is -0.361 e. The maximum absolute atomic E-state index is 12.6. The van der Waals surface area contributed by atoms with Crippen molar-refractivity contribution < 1.29 is 23.7 Å². The standard InChI is InChI=1S/C21H22N4O5/c1-13-12-17(23-30-13)19(27)22-14-6-9-24(10-7-14)18(26)8-11-25-20(28)15-4-2-3-5-16(15)21(25)29/h2-5,12,14H,6-11H2,1H3,(H,22,27). The minimum absolute atomic E-state index is 0.0465. The molecule has 1 fully saturated rings. The highest BCUT2D eigenvalue weighted by Crippen LogP contribution is 2.23. The number of likely N-dealkylation sites (tertiary alicyclic amines) is 1. The number of carbonyl (C=O) groups excluding carboxylic acids is 4. The van der Waals surface area contributed by atoms with E-state index in [0.29, 0.717) is 42.8 Å². The number of benzene rings is 1. The van der Waals surface area contributed by atoms with Gasteiger partial charge in [-0.25, -0.2) is 0 Å². The van der Waals surface area contributed by atoms with Crippen LogP contribution in [0.3, 0.4) is 0 Å². The second-order valence-corrected chi connectivity index (χ2v) is 7.51. The Bertz CT molecular complexity index is 971. The van der Waals surface area contributed by atoms with Crippen molar-refractivity contribution in [2.45, 2.75) is 32.2 Å². The average Bonchev–Trinajstić information content (AvgIpc) is 3.29. The van der Waals surface area contributed by atoms with Crippen LogP contribution in [0.4, 0.5) is 0 Å². The van der Waals surface area contributed by atoms with Crippen molar-refractivity contribution in [3.63, 3.8) is 0 Å². The molecule has 30 heavy (non-hydrogen) atoms. The van der Waals surface area contributed by atoms with E-state index in [9.17, 15) is 19.2 Å². The molecule has 0 bridgehead atoms. The summed E-state index contributed by atoms with van der Waals surface area (Å²) < 4.78 is 4.91. The van der Waals surface area contributed by atoms with Crippen molar-refractivity contribution >= 4 is 23.6 Å². The number of aromatic nitrogens is 1. The van der Waals surface area contributed by atoms with Crippen molar-refractivity contribution in [3.8, 4) is 0 Å². The number of carbonyl (C=O) groups is 4. The van der Waals surface area contributed by atoms with Crippen LogP contribution in [0, 0.1) is 6.92 Å². The Kier molecular flexibility index (Phi) is 5.35. The van der Waals surface area contributed by atoms with Gasteiger partial charge >= 0.3 is 0 Å². The van der Waals surface area contributed by atoms with Crippen LogP contribution in [0.5, 0.6) is 0 Å². The van der Waals surface area contributed by atoms with Crippen LogP contribution in [0.25, 0.3) is 0 Å². The molecule has 1 N–H and O–H groups in total. The molecular formula is C21H22N4O5. The number of hydrogen-bond acceptors (Lipinski definition) is 6. The summed E-state index contributed by atoms with van der Waals surface area (Å²) in [5.74, 6) is -0.537. The molecule has 9 heteroatoms. The number of rotatable bonds is 5. The molecule has 0 saturated carbocycles. The molecule has 2 aliphatic heterocycles. The van der Waals surface area contributed by atoms with Gasteiger partial charge in [0.2, 0.25) is 5.91 Å².